The molecule has 9 atom stereocenters. The van der Waals surface area contributed by atoms with Crippen LogP contribution in [0.5, 0.6) is 0 Å². The molecule has 0 saturated carbocycles. The van der Waals surface area contributed by atoms with Gasteiger partial charge in [-0.1, -0.05) is 80.3 Å². The minimum Gasteiger partial charge on any atom is -0.481 e. The zero-order chi connectivity index (χ0) is 54.4. The molecule has 32 heteroatoms. The standard InChI is InChI=1S/C41H62N7O21P3S/c1-41(2,24-66-72(63,64)69-71(61,62)65-23-29-35(68-70(58,59)60)34(55)40(67-29)48-26-47-33-37(42)45-25-46-38(33)48)36(56)39(57)44-20-19-30(51)43-21-22-73-32(54)18-11-5-3-4-8-13-27(49)14-9-6-7-10-15-28(50)16-12-17-31(52)53/h4,6-11,14-15,18,25-29,34-36,40,49-50,55-56H,3,5,12-13,16-17,19-24H2,1-2H3,(H,43,51)(H,44,57)(H,52,53)(H,61,62)(H,63,64)(H2,42,45,46)(H2,58,59,60)/b7-6+,8-4-,14-9?,15-10?,18-11+/t27-,28-,29+,34-,35-,36?,40+/m0/s1. The van der Waals surface area contributed by atoms with E-state index in [4.69, 9.17) is 24.6 Å². The van der Waals surface area contributed by atoms with Gasteiger partial charge in [0.15, 0.2) is 17.7 Å². The van der Waals surface area contributed by atoms with Crippen LogP contribution in [0.2, 0.25) is 0 Å². The van der Waals surface area contributed by atoms with Gasteiger partial charge in [-0.3, -0.25) is 37.3 Å². The Bertz CT molecular complexity index is 2450. The van der Waals surface area contributed by atoms with Crippen LogP contribution in [0.4, 0.5) is 5.82 Å². The number of nitrogens with two attached hydrogens (primary N) is 1. The summed E-state index contributed by atoms with van der Waals surface area (Å²) in [5.74, 6) is -2.20. The molecule has 3 unspecified atom stereocenters. The summed E-state index contributed by atoms with van der Waals surface area (Å²) in [6, 6.07) is 0. The Balaban J connectivity index is 1.31. The second kappa shape index (κ2) is 30.3. The molecule has 2 amide bonds. The third kappa shape index (κ3) is 23.8. The summed E-state index contributed by atoms with van der Waals surface area (Å²) in [6.07, 6.45) is 10.4. The van der Waals surface area contributed by atoms with Crippen molar-refractivity contribution >= 4 is 75.1 Å². The van der Waals surface area contributed by atoms with Gasteiger partial charge >= 0.3 is 29.4 Å². The largest absolute Gasteiger partial charge is 0.481 e. The van der Waals surface area contributed by atoms with Gasteiger partial charge < -0.3 is 66.2 Å². The molecule has 408 valence electrons. The van der Waals surface area contributed by atoms with E-state index in [2.05, 4.69) is 34.4 Å². The number of ether oxygens (including phenoxy) is 1. The summed E-state index contributed by atoms with van der Waals surface area (Å²) in [5.41, 5.74) is 4.21. The number of aliphatic carboxylic acids is 1. The van der Waals surface area contributed by atoms with Gasteiger partial charge in [-0.15, -0.1) is 0 Å². The number of nitrogens with one attached hydrogen (secondary N) is 2. The van der Waals surface area contributed by atoms with Gasteiger partial charge in [-0.05, 0) is 38.2 Å². The normalized spacial score (nSPS) is 20.8. The van der Waals surface area contributed by atoms with Gasteiger partial charge in [0.1, 0.15) is 36.3 Å². The predicted molar refractivity (Wildman–Crippen MR) is 260 cm³/mol. The number of fused-ring (bicyclic) bond motifs is 1. The lowest BCUT2D eigenvalue weighted by Gasteiger charge is -2.30. The Hall–Kier alpha value is -4.35. The number of hydrogen-bond acceptors (Lipinski definition) is 21. The SMILES string of the molecule is CC(C)(COP(=O)(O)OP(=O)(O)OC[C@H]1O[C@@H](n2cnc3c(N)ncnc32)[C@@H](O)[C@H]1OP(=O)(O)O)C(O)C(=O)NCCC(=O)NCCSC(=O)/C=C/CC/C=C\C[C@H](O)C=C/C=C/C=C[C@H](O)CCCC(=O)O. The number of aromatic nitrogens is 4. The number of phosphoric ester groups is 3. The molecular weight excluding hydrogens is 1050 g/mol. The average molecular weight is 1110 g/mol. The molecule has 0 spiro atoms. The summed E-state index contributed by atoms with van der Waals surface area (Å²) >= 11 is 0.973. The number of carbonyl (C=O) groups is 4. The van der Waals surface area contributed by atoms with Crippen molar-refractivity contribution < 1.29 is 101 Å². The fourth-order valence-electron chi connectivity index (χ4n) is 6.21. The molecule has 3 heterocycles. The average Bonchev–Trinajstić information content (AvgIpc) is 3.86. The molecule has 3 rings (SSSR count). The van der Waals surface area contributed by atoms with Crippen LogP contribution in [-0.4, -0.2) is 156 Å². The van der Waals surface area contributed by atoms with Crippen LogP contribution in [0.25, 0.3) is 11.2 Å². The summed E-state index contributed by atoms with van der Waals surface area (Å²) < 4.78 is 62.4. The van der Waals surface area contributed by atoms with Gasteiger partial charge in [-0.2, -0.15) is 4.31 Å². The van der Waals surface area contributed by atoms with E-state index in [1.165, 1.54) is 19.9 Å². The monoisotopic (exact) mass is 1110 g/mol. The van der Waals surface area contributed by atoms with Crippen molar-refractivity contribution in [3.8, 4) is 0 Å². The lowest BCUT2D eigenvalue weighted by Crippen LogP contribution is -2.46. The van der Waals surface area contributed by atoms with Crippen LogP contribution < -0.4 is 16.4 Å². The van der Waals surface area contributed by atoms with Crippen LogP contribution in [-0.2, 0) is 55.5 Å². The van der Waals surface area contributed by atoms with E-state index >= 15 is 0 Å². The van der Waals surface area contributed by atoms with E-state index < -0.39 is 103 Å². The number of nitrogens with zero attached hydrogens (tertiary/aromatic N) is 4. The minimum absolute atomic E-state index is 0.00152. The number of carboxylic acids is 1. The van der Waals surface area contributed by atoms with Gasteiger partial charge in [-0.25, -0.2) is 28.6 Å². The number of rotatable bonds is 33. The fraction of sp³-hybridized carbons (Fsp3) is 0.537. The van der Waals surface area contributed by atoms with Crippen molar-refractivity contribution in [2.24, 2.45) is 5.41 Å². The minimum atomic E-state index is -5.60. The Morgan fingerprint density at radius 1 is 0.904 bits per heavy atom. The molecule has 0 radical (unpaired) electrons. The second-order valence-corrected chi connectivity index (χ2v) is 21.8. The number of thioether (sulfide) groups is 1. The summed E-state index contributed by atoms with van der Waals surface area (Å²) in [7, 11) is -16.5. The molecule has 1 aliphatic heterocycles. The maximum Gasteiger partial charge on any atom is 0.481 e. The van der Waals surface area contributed by atoms with Crippen molar-refractivity contribution in [1.82, 2.24) is 30.2 Å². The first-order valence-corrected chi connectivity index (χ1v) is 27.7. The summed E-state index contributed by atoms with van der Waals surface area (Å²) in [5, 5.41) is 54.7. The van der Waals surface area contributed by atoms with Crippen LogP contribution in [0.15, 0.2) is 73.4 Å². The van der Waals surface area contributed by atoms with E-state index in [1.807, 2.05) is 12.2 Å². The van der Waals surface area contributed by atoms with Crippen molar-refractivity contribution in [3.63, 3.8) is 0 Å². The third-order valence-corrected chi connectivity index (χ3v) is 13.9. The first-order chi connectivity index (χ1) is 34.2. The number of allylic oxidation sites excluding steroid dienone is 6. The Morgan fingerprint density at radius 2 is 1.58 bits per heavy atom. The quantitative estimate of drug-likeness (QED) is 0.0159. The zero-order valence-corrected chi connectivity index (χ0v) is 43.0. The Labute approximate surface area is 422 Å². The van der Waals surface area contributed by atoms with Crippen LogP contribution in [0.1, 0.15) is 65.0 Å². The van der Waals surface area contributed by atoms with Crippen molar-refractivity contribution in [1.29, 1.82) is 0 Å². The second-order valence-electron chi connectivity index (χ2n) is 16.5. The number of anilines is 1. The van der Waals surface area contributed by atoms with Crippen LogP contribution >= 0.6 is 35.2 Å². The van der Waals surface area contributed by atoms with E-state index in [-0.39, 0.29) is 53.8 Å². The molecule has 1 saturated heterocycles. The molecule has 0 aliphatic carbocycles. The number of aliphatic hydroxyl groups excluding tert-OH is 4. The number of phosphoric acid groups is 3. The number of unbranched alkanes of at least 4 members (excludes halogenated alkanes) is 1. The van der Waals surface area contributed by atoms with Crippen molar-refractivity contribution in [3.05, 3.63) is 73.4 Å². The summed E-state index contributed by atoms with van der Waals surface area (Å²) in [6.45, 7) is 0.293. The number of hydrogen-bond donors (Lipinski definition) is 12. The topological polar surface area (TPSA) is 441 Å². The van der Waals surface area contributed by atoms with Crippen LogP contribution in [0, 0.1) is 5.41 Å². The van der Waals surface area contributed by atoms with Crippen LogP contribution in [0.3, 0.4) is 0 Å². The highest BCUT2D eigenvalue weighted by Gasteiger charge is 2.50. The predicted octanol–water partition coefficient (Wildman–Crippen LogP) is 1.59. The van der Waals surface area contributed by atoms with E-state index in [0.29, 0.717) is 32.1 Å². The Kier molecular flexibility index (Phi) is 26.1. The highest BCUT2D eigenvalue weighted by molar-refractivity contribution is 8.14. The number of nitrogen functional groups attached to an aromatic ring is 1. The molecule has 1 fully saturated rings. The van der Waals surface area contributed by atoms with Gasteiger partial charge in [0.25, 0.3) is 0 Å². The number of amides is 2. The highest BCUT2D eigenvalue weighted by atomic mass is 32.2. The van der Waals surface area contributed by atoms with Gasteiger partial charge in [0.05, 0.1) is 31.7 Å². The molecule has 0 aromatic carbocycles. The molecule has 2 aromatic rings. The van der Waals surface area contributed by atoms with E-state index in [1.54, 1.807) is 42.5 Å². The Morgan fingerprint density at radius 3 is 2.26 bits per heavy atom. The number of imidazole rings is 1. The highest BCUT2D eigenvalue weighted by Crippen LogP contribution is 2.61. The lowest BCUT2D eigenvalue weighted by atomic mass is 9.87. The fourth-order valence-corrected chi connectivity index (χ4v) is 9.63. The zero-order valence-electron chi connectivity index (χ0n) is 39.5. The molecule has 73 heavy (non-hydrogen) atoms. The van der Waals surface area contributed by atoms with E-state index in [9.17, 15) is 72.9 Å². The van der Waals surface area contributed by atoms with Gasteiger partial charge in [0, 0.05) is 37.1 Å². The third-order valence-electron chi connectivity index (χ3n) is 9.93. The number of carbonyl (C=O) groups excluding carboxylic acids is 3. The number of carboxylic acid groups (broad SMARTS) is 1. The smallest absolute Gasteiger partial charge is 0.481 e. The lowest BCUT2D eigenvalue weighted by molar-refractivity contribution is -0.138. The molecule has 2 aromatic heterocycles. The first-order valence-electron chi connectivity index (χ1n) is 22.2. The maximum absolute atomic E-state index is 12.7. The molecule has 13 N–H and O–H groups in total. The van der Waals surface area contributed by atoms with E-state index in [0.717, 1.165) is 29.0 Å². The maximum atomic E-state index is 12.7. The first kappa shape index (κ1) is 62.9. The number of aliphatic hydroxyl groups is 4. The van der Waals surface area contributed by atoms with Gasteiger partial charge in [0.2, 0.25) is 16.9 Å². The summed E-state index contributed by atoms with van der Waals surface area (Å²) in [4.78, 5) is 98.8. The molecule has 28 nitrogen and oxygen atoms in total. The van der Waals surface area contributed by atoms with Crippen molar-refractivity contribution in [2.45, 2.75) is 102 Å². The molecular formula is C41H62N7O21P3S. The molecule has 1 aliphatic rings. The van der Waals surface area contributed by atoms with Crippen molar-refractivity contribution in [2.75, 3.05) is 37.8 Å². The molecule has 0 bridgehead atoms.